The van der Waals surface area contributed by atoms with E-state index < -0.39 is 17.7 Å². The molecule has 2 aromatic rings. The second-order valence-electron chi connectivity index (χ2n) is 5.58. The minimum Gasteiger partial charge on any atom is -0.357 e. The van der Waals surface area contributed by atoms with Crippen LogP contribution in [-0.2, 0) is 11.3 Å². The standard InChI is InChI=1S/C18H16N4O3S/c23-15(20-21-18(26)19-10-12-6-2-1-3-7-12)11-22-16(24)13-8-4-5-9-14(13)17(22)25/h1-9H,10-11H2,(H,20,23)(H2,19,21,26). The van der Waals surface area contributed by atoms with E-state index in [9.17, 15) is 14.4 Å². The first kappa shape index (κ1) is 17.6. The van der Waals surface area contributed by atoms with Crippen LogP contribution in [0.4, 0.5) is 0 Å². The topological polar surface area (TPSA) is 90.5 Å². The smallest absolute Gasteiger partial charge is 0.262 e. The van der Waals surface area contributed by atoms with Gasteiger partial charge in [-0.05, 0) is 29.9 Å². The molecular formula is C18H16N4O3S. The number of imide groups is 1. The second-order valence-corrected chi connectivity index (χ2v) is 5.99. The third-order valence-electron chi connectivity index (χ3n) is 3.79. The summed E-state index contributed by atoms with van der Waals surface area (Å²) in [5.41, 5.74) is 6.57. The van der Waals surface area contributed by atoms with Crippen LogP contribution in [0.25, 0.3) is 0 Å². The lowest BCUT2D eigenvalue weighted by atomic mass is 10.1. The Kier molecular flexibility index (Phi) is 5.23. The van der Waals surface area contributed by atoms with E-state index in [0.29, 0.717) is 17.7 Å². The van der Waals surface area contributed by atoms with Crippen LogP contribution in [0, 0.1) is 0 Å². The molecule has 0 bridgehead atoms. The number of benzene rings is 2. The summed E-state index contributed by atoms with van der Waals surface area (Å²) in [6.45, 7) is 0.113. The van der Waals surface area contributed by atoms with Gasteiger partial charge in [0.25, 0.3) is 17.7 Å². The lowest BCUT2D eigenvalue weighted by Crippen LogP contribution is -2.50. The monoisotopic (exact) mass is 368 g/mol. The highest BCUT2D eigenvalue weighted by Crippen LogP contribution is 2.21. The molecule has 0 atom stereocenters. The molecule has 2 aromatic carbocycles. The molecule has 1 aliphatic heterocycles. The van der Waals surface area contributed by atoms with Crippen molar-refractivity contribution in [3.63, 3.8) is 0 Å². The van der Waals surface area contributed by atoms with Crippen molar-refractivity contribution < 1.29 is 14.4 Å². The van der Waals surface area contributed by atoms with E-state index in [4.69, 9.17) is 12.2 Å². The van der Waals surface area contributed by atoms with Crippen LogP contribution in [0.3, 0.4) is 0 Å². The van der Waals surface area contributed by atoms with E-state index in [0.717, 1.165) is 10.5 Å². The number of carbonyl (C=O) groups is 3. The fraction of sp³-hybridized carbons (Fsp3) is 0.111. The third kappa shape index (κ3) is 3.86. The number of hydrogen-bond donors (Lipinski definition) is 3. The molecule has 0 aromatic heterocycles. The normalized spacial score (nSPS) is 12.5. The van der Waals surface area contributed by atoms with Crippen LogP contribution in [0.1, 0.15) is 26.3 Å². The highest BCUT2D eigenvalue weighted by molar-refractivity contribution is 7.80. The molecular weight excluding hydrogens is 352 g/mol. The summed E-state index contributed by atoms with van der Waals surface area (Å²) in [6.07, 6.45) is 0. The number of fused-ring (bicyclic) bond motifs is 1. The molecule has 0 unspecified atom stereocenters. The lowest BCUT2D eigenvalue weighted by Gasteiger charge is -2.15. The number of nitrogens with one attached hydrogen (secondary N) is 3. The summed E-state index contributed by atoms with van der Waals surface area (Å²) in [5, 5.41) is 3.16. The Morgan fingerprint density at radius 3 is 2.08 bits per heavy atom. The van der Waals surface area contributed by atoms with E-state index in [1.165, 1.54) is 0 Å². The predicted molar refractivity (Wildman–Crippen MR) is 99.0 cm³/mol. The molecule has 0 fully saturated rings. The van der Waals surface area contributed by atoms with Crippen molar-refractivity contribution in [3.05, 3.63) is 71.3 Å². The molecule has 0 radical (unpaired) electrons. The highest BCUT2D eigenvalue weighted by atomic mass is 32.1. The molecule has 132 valence electrons. The first-order valence-electron chi connectivity index (χ1n) is 7.88. The molecule has 8 heteroatoms. The van der Waals surface area contributed by atoms with Gasteiger partial charge in [-0.1, -0.05) is 42.5 Å². The Morgan fingerprint density at radius 1 is 0.885 bits per heavy atom. The minimum absolute atomic E-state index is 0.226. The lowest BCUT2D eigenvalue weighted by molar-refractivity contribution is -0.122. The maximum atomic E-state index is 12.2. The number of thiocarbonyl (C=S) groups is 1. The first-order chi connectivity index (χ1) is 12.6. The summed E-state index contributed by atoms with van der Waals surface area (Å²) < 4.78 is 0. The van der Waals surface area contributed by atoms with Gasteiger partial charge in [0.1, 0.15) is 6.54 Å². The van der Waals surface area contributed by atoms with Crippen molar-refractivity contribution in [1.29, 1.82) is 0 Å². The predicted octanol–water partition coefficient (Wildman–Crippen LogP) is 0.978. The fourth-order valence-corrected chi connectivity index (χ4v) is 2.64. The fourth-order valence-electron chi connectivity index (χ4n) is 2.51. The summed E-state index contributed by atoms with van der Waals surface area (Å²) in [7, 11) is 0. The van der Waals surface area contributed by atoms with Crippen molar-refractivity contribution in [2.45, 2.75) is 6.54 Å². The van der Waals surface area contributed by atoms with Gasteiger partial charge in [-0.25, -0.2) is 0 Å². The third-order valence-corrected chi connectivity index (χ3v) is 4.04. The van der Waals surface area contributed by atoms with Crippen molar-refractivity contribution in [1.82, 2.24) is 21.1 Å². The summed E-state index contributed by atoms with van der Waals surface area (Å²) in [4.78, 5) is 37.3. The largest absolute Gasteiger partial charge is 0.357 e. The second kappa shape index (κ2) is 7.75. The van der Waals surface area contributed by atoms with Crippen LogP contribution in [0.15, 0.2) is 54.6 Å². The van der Waals surface area contributed by atoms with Gasteiger partial charge < -0.3 is 5.32 Å². The number of amides is 3. The average Bonchev–Trinajstić information content (AvgIpc) is 2.91. The van der Waals surface area contributed by atoms with E-state index in [1.807, 2.05) is 30.3 Å². The Hall–Kier alpha value is -3.26. The molecule has 3 amide bonds. The molecule has 0 spiro atoms. The van der Waals surface area contributed by atoms with Crippen LogP contribution >= 0.6 is 12.2 Å². The van der Waals surface area contributed by atoms with Crippen LogP contribution in [0.2, 0.25) is 0 Å². The van der Waals surface area contributed by atoms with Crippen molar-refractivity contribution in [2.75, 3.05) is 6.54 Å². The molecule has 1 aliphatic rings. The Bertz CT molecular complexity index is 835. The molecule has 3 rings (SSSR count). The minimum atomic E-state index is -0.552. The Balaban J connectivity index is 1.47. The Labute approximate surface area is 155 Å². The van der Waals surface area contributed by atoms with Crippen LogP contribution in [-0.4, -0.2) is 34.3 Å². The van der Waals surface area contributed by atoms with Gasteiger partial charge in [0, 0.05) is 6.54 Å². The summed E-state index contributed by atoms with van der Waals surface area (Å²) >= 11 is 5.07. The molecule has 0 saturated heterocycles. The highest BCUT2D eigenvalue weighted by Gasteiger charge is 2.36. The van der Waals surface area contributed by atoms with Crippen molar-refractivity contribution in [2.24, 2.45) is 0 Å². The number of carbonyl (C=O) groups excluding carboxylic acids is 3. The number of rotatable bonds is 4. The number of hydrogen-bond acceptors (Lipinski definition) is 4. The first-order valence-corrected chi connectivity index (χ1v) is 8.29. The van der Waals surface area contributed by atoms with Crippen LogP contribution < -0.4 is 16.2 Å². The maximum absolute atomic E-state index is 12.2. The van der Waals surface area contributed by atoms with Crippen LogP contribution in [0.5, 0.6) is 0 Å². The van der Waals surface area contributed by atoms with Gasteiger partial charge in [-0.2, -0.15) is 0 Å². The van der Waals surface area contributed by atoms with Gasteiger partial charge in [0.15, 0.2) is 5.11 Å². The molecule has 1 heterocycles. The van der Waals surface area contributed by atoms with Gasteiger partial charge >= 0.3 is 0 Å². The molecule has 26 heavy (non-hydrogen) atoms. The average molecular weight is 368 g/mol. The van der Waals surface area contributed by atoms with Gasteiger partial charge in [-0.15, -0.1) is 0 Å². The molecule has 0 aliphatic carbocycles. The quantitative estimate of drug-likeness (QED) is 0.423. The van der Waals surface area contributed by atoms with Crippen molar-refractivity contribution in [3.8, 4) is 0 Å². The molecule has 7 nitrogen and oxygen atoms in total. The zero-order valence-electron chi connectivity index (χ0n) is 13.7. The van der Waals surface area contributed by atoms with Gasteiger partial charge in [0.2, 0.25) is 0 Å². The SMILES string of the molecule is O=C(CN1C(=O)c2ccccc2C1=O)NNC(=S)NCc1ccccc1. The van der Waals surface area contributed by atoms with Gasteiger partial charge in [0.05, 0.1) is 11.1 Å². The number of hydrazine groups is 1. The number of nitrogens with zero attached hydrogens (tertiary/aromatic N) is 1. The van der Waals surface area contributed by atoms with Gasteiger partial charge in [-0.3, -0.25) is 30.1 Å². The maximum Gasteiger partial charge on any atom is 0.262 e. The molecule has 0 saturated carbocycles. The van der Waals surface area contributed by atoms with E-state index in [2.05, 4.69) is 16.2 Å². The van der Waals surface area contributed by atoms with Crippen molar-refractivity contribution >= 4 is 35.1 Å². The van der Waals surface area contributed by atoms with E-state index in [-0.39, 0.29) is 11.7 Å². The zero-order chi connectivity index (χ0) is 18.5. The van der Waals surface area contributed by atoms with E-state index in [1.54, 1.807) is 24.3 Å². The molecule has 3 N–H and O–H groups in total. The zero-order valence-corrected chi connectivity index (χ0v) is 14.5. The van der Waals surface area contributed by atoms with E-state index >= 15 is 0 Å². The Morgan fingerprint density at radius 2 is 1.46 bits per heavy atom. The summed E-state index contributed by atoms with van der Waals surface area (Å²) in [5.74, 6) is -1.51. The summed E-state index contributed by atoms with van der Waals surface area (Å²) in [6, 6.07) is 16.1.